The molecule has 0 aliphatic carbocycles. The van der Waals surface area contributed by atoms with E-state index in [0.717, 1.165) is 0 Å². The standard InChI is InChI=1S/CH2NO4P/c3-1-2-6-7(4)5/h1H,(H-,2,3,4,5)/p+1. The minimum Gasteiger partial charge on any atom is -0.276 e. The van der Waals surface area contributed by atoms with Gasteiger partial charge in [-0.25, -0.2) is 0 Å². The summed E-state index contributed by atoms with van der Waals surface area (Å²) in [4.78, 5) is 17.0. The van der Waals surface area contributed by atoms with Crippen molar-refractivity contribution >= 4 is 14.7 Å². The largest absolute Gasteiger partial charge is 0.719 e. The van der Waals surface area contributed by atoms with Crippen LogP contribution >= 0.6 is 8.25 Å². The number of carbonyl (C=O) groups is 1. The van der Waals surface area contributed by atoms with Crippen molar-refractivity contribution in [2.75, 3.05) is 0 Å². The van der Waals surface area contributed by atoms with Gasteiger partial charge in [0.1, 0.15) is 0 Å². The molecule has 0 aromatic carbocycles. The highest BCUT2D eigenvalue weighted by Gasteiger charge is 2.09. The molecule has 0 saturated heterocycles. The summed E-state index contributed by atoms with van der Waals surface area (Å²) in [5.74, 6) is 0. The molecule has 1 amide bonds. The molecule has 0 aromatic rings. The molecule has 0 saturated carbocycles. The number of carbonyl (C=O) groups excluding carboxylic acids is 1. The molecule has 0 fully saturated rings. The second-order valence-corrected chi connectivity index (χ2v) is 1.22. The summed E-state index contributed by atoms with van der Waals surface area (Å²) in [5.41, 5.74) is 1.53. The molecule has 0 aliphatic heterocycles. The normalized spacial score (nSPS) is 10.1. The first-order valence-corrected chi connectivity index (χ1v) is 2.42. The third kappa shape index (κ3) is 5.49. The second kappa shape index (κ2) is 3.67. The Hall–Kier alpha value is -0.510. The topological polar surface area (TPSA) is 75.6 Å². The Balaban J connectivity index is 2.97. The summed E-state index contributed by atoms with van der Waals surface area (Å²) >= 11 is 0. The van der Waals surface area contributed by atoms with E-state index in [-0.39, 0.29) is 6.41 Å². The maximum atomic E-state index is 9.46. The van der Waals surface area contributed by atoms with Gasteiger partial charge in [-0.05, 0) is 0 Å². The summed E-state index contributed by atoms with van der Waals surface area (Å²) in [6, 6.07) is 0. The van der Waals surface area contributed by atoms with Crippen LogP contribution in [0, 0.1) is 0 Å². The fourth-order valence-electron chi connectivity index (χ4n) is 0.0666. The van der Waals surface area contributed by atoms with Gasteiger partial charge in [0.25, 0.3) is 0 Å². The Morgan fingerprint density at radius 3 is 2.57 bits per heavy atom. The lowest BCUT2D eigenvalue weighted by Gasteiger charge is -1.73. The fraction of sp³-hybridized carbons (Fsp3) is 0. The van der Waals surface area contributed by atoms with E-state index in [0.29, 0.717) is 0 Å². The van der Waals surface area contributed by atoms with Gasteiger partial charge in [-0.1, -0.05) is 0 Å². The molecular weight excluding hydrogens is 121 g/mol. The van der Waals surface area contributed by atoms with Crippen LogP contribution in [-0.4, -0.2) is 11.3 Å². The van der Waals surface area contributed by atoms with E-state index >= 15 is 0 Å². The first-order chi connectivity index (χ1) is 3.27. The molecule has 0 rings (SSSR count). The van der Waals surface area contributed by atoms with Crippen molar-refractivity contribution < 1.29 is 18.9 Å². The SMILES string of the molecule is O=CNO[P+](=O)O. The average Bonchev–Trinajstić information content (AvgIpc) is 1.61. The molecule has 0 spiro atoms. The number of nitrogens with one attached hydrogen (secondary N) is 1. The van der Waals surface area contributed by atoms with Gasteiger partial charge in [-0.2, -0.15) is 5.48 Å². The van der Waals surface area contributed by atoms with Gasteiger partial charge in [0.2, 0.25) is 6.41 Å². The highest BCUT2D eigenvalue weighted by molar-refractivity contribution is 7.32. The zero-order chi connectivity index (χ0) is 5.70. The summed E-state index contributed by atoms with van der Waals surface area (Å²) in [5, 5.41) is 0. The van der Waals surface area contributed by atoms with Gasteiger partial charge in [0, 0.05) is 9.19 Å². The second-order valence-electron chi connectivity index (χ2n) is 0.565. The van der Waals surface area contributed by atoms with Gasteiger partial charge in [0.15, 0.2) is 0 Å². The molecule has 2 N–H and O–H groups in total. The zero-order valence-corrected chi connectivity index (χ0v) is 4.09. The molecule has 7 heavy (non-hydrogen) atoms. The Kier molecular flexibility index (Phi) is 3.40. The molecule has 1 atom stereocenters. The maximum absolute atomic E-state index is 9.46. The molecule has 0 radical (unpaired) electrons. The van der Waals surface area contributed by atoms with Crippen LogP contribution in [-0.2, 0) is 14.0 Å². The molecule has 40 valence electrons. The smallest absolute Gasteiger partial charge is 0.276 e. The number of amides is 1. The molecule has 0 heterocycles. The van der Waals surface area contributed by atoms with Gasteiger partial charge in [-0.15, -0.1) is 4.89 Å². The zero-order valence-electron chi connectivity index (χ0n) is 3.20. The van der Waals surface area contributed by atoms with E-state index < -0.39 is 8.25 Å². The van der Waals surface area contributed by atoms with Crippen molar-refractivity contribution in [2.45, 2.75) is 0 Å². The summed E-state index contributed by atoms with van der Waals surface area (Å²) < 4.78 is 13.1. The third-order valence-electron chi connectivity index (χ3n) is 0.179. The molecular formula is CH3NO4P+. The number of hydroxylamine groups is 1. The maximum Gasteiger partial charge on any atom is 0.719 e. The van der Waals surface area contributed by atoms with Gasteiger partial charge < -0.3 is 0 Å². The lowest BCUT2D eigenvalue weighted by Crippen LogP contribution is -2.04. The monoisotopic (exact) mass is 124 g/mol. The van der Waals surface area contributed by atoms with E-state index in [4.69, 9.17) is 4.89 Å². The van der Waals surface area contributed by atoms with E-state index in [2.05, 4.69) is 4.62 Å². The van der Waals surface area contributed by atoms with Crippen molar-refractivity contribution in [3.8, 4) is 0 Å². The van der Waals surface area contributed by atoms with E-state index in [9.17, 15) is 9.36 Å². The quantitative estimate of drug-likeness (QED) is 0.296. The van der Waals surface area contributed by atoms with E-state index in [1.165, 1.54) is 5.48 Å². The van der Waals surface area contributed by atoms with Gasteiger partial charge in [-0.3, -0.25) is 4.79 Å². The Labute approximate surface area is 40.2 Å². The van der Waals surface area contributed by atoms with Crippen molar-refractivity contribution in [3.63, 3.8) is 0 Å². The predicted octanol–water partition coefficient (Wildman–Crippen LogP) is -0.686. The van der Waals surface area contributed by atoms with Crippen LogP contribution in [0.25, 0.3) is 0 Å². The van der Waals surface area contributed by atoms with E-state index in [1.807, 2.05) is 0 Å². The number of hydrogen-bond acceptors (Lipinski definition) is 3. The predicted molar refractivity (Wildman–Crippen MR) is 20.1 cm³/mol. The fourth-order valence-corrected chi connectivity index (χ4v) is 0.200. The van der Waals surface area contributed by atoms with Crippen LogP contribution in [0.1, 0.15) is 0 Å². The Bertz CT molecular complexity index is 81.8. The first kappa shape index (κ1) is 6.49. The van der Waals surface area contributed by atoms with Crippen LogP contribution in [0.15, 0.2) is 0 Å². The average molecular weight is 124 g/mol. The molecule has 5 nitrogen and oxygen atoms in total. The van der Waals surface area contributed by atoms with Crippen molar-refractivity contribution in [1.82, 2.24) is 5.48 Å². The van der Waals surface area contributed by atoms with Crippen LogP contribution in [0.3, 0.4) is 0 Å². The van der Waals surface area contributed by atoms with E-state index in [1.54, 1.807) is 0 Å². The van der Waals surface area contributed by atoms with Crippen LogP contribution in [0.2, 0.25) is 0 Å². The minimum absolute atomic E-state index is 0.156. The molecule has 0 aliphatic rings. The van der Waals surface area contributed by atoms with Crippen LogP contribution < -0.4 is 5.48 Å². The molecule has 1 unspecified atom stereocenters. The Morgan fingerprint density at radius 2 is 2.43 bits per heavy atom. The first-order valence-electron chi connectivity index (χ1n) is 1.29. The van der Waals surface area contributed by atoms with Crippen molar-refractivity contribution in [1.29, 1.82) is 0 Å². The summed E-state index contributed by atoms with van der Waals surface area (Å²) in [6.07, 6.45) is 0.156. The van der Waals surface area contributed by atoms with Crippen molar-refractivity contribution in [3.05, 3.63) is 0 Å². The summed E-state index contributed by atoms with van der Waals surface area (Å²) in [6.45, 7) is 0. The van der Waals surface area contributed by atoms with Crippen LogP contribution in [0.5, 0.6) is 0 Å². The lowest BCUT2D eigenvalue weighted by molar-refractivity contribution is -0.115. The highest BCUT2D eigenvalue weighted by Crippen LogP contribution is 2.09. The minimum atomic E-state index is -2.70. The van der Waals surface area contributed by atoms with Gasteiger partial charge >= 0.3 is 8.25 Å². The van der Waals surface area contributed by atoms with Crippen LogP contribution in [0.4, 0.5) is 0 Å². The van der Waals surface area contributed by atoms with Gasteiger partial charge in [0.05, 0.1) is 0 Å². The number of hydrogen-bond donors (Lipinski definition) is 2. The lowest BCUT2D eigenvalue weighted by atomic mass is 11.5. The molecule has 0 aromatic heterocycles. The summed E-state index contributed by atoms with van der Waals surface area (Å²) in [7, 11) is -2.70. The third-order valence-corrected chi connectivity index (χ3v) is 0.441. The number of rotatable bonds is 3. The molecule has 0 bridgehead atoms. The molecule has 6 heteroatoms. The Morgan fingerprint density at radius 1 is 1.86 bits per heavy atom. The van der Waals surface area contributed by atoms with Crippen molar-refractivity contribution in [2.24, 2.45) is 0 Å². The highest BCUT2D eigenvalue weighted by atomic mass is 31.1.